The molecule has 20 heavy (non-hydrogen) atoms. The Morgan fingerprint density at radius 3 is 2.90 bits per heavy atom. The summed E-state index contributed by atoms with van der Waals surface area (Å²) in [7, 11) is 1.70. The van der Waals surface area contributed by atoms with Gasteiger partial charge in [-0.25, -0.2) is 4.98 Å². The van der Waals surface area contributed by atoms with Crippen LogP contribution in [0.25, 0.3) is 0 Å². The third-order valence-electron chi connectivity index (χ3n) is 2.62. The van der Waals surface area contributed by atoms with Crippen LogP contribution >= 0.6 is 0 Å². The Morgan fingerprint density at radius 1 is 1.45 bits per heavy atom. The van der Waals surface area contributed by atoms with Crippen LogP contribution in [0.1, 0.15) is 21.6 Å². The Balaban J connectivity index is 2.05. The normalized spacial score (nSPS) is 9.70. The van der Waals surface area contributed by atoms with Gasteiger partial charge >= 0.3 is 0 Å². The van der Waals surface area contributed by atoms with E-state index in [0.717, 1.165) is 5.56 Å². The van der Waals surface area contributed by atoms with Crippen LogP contribution in [0.15, 0.2) is 30.7 Å². The van der Waals surface area contributed by atoms with Gasteiger partial charge in [-0.05, 0) is 12.1 Å². The molecular weight excluding hydrogens is 256 g/mol. The van der Waals surface area contributed by atoms with Crippen LogP contribution in [-0.4, -0.2) is 44.7 Å². The molecule has 0 spiro atoms. The van der Waals surface area contributed by atoms with Gasteiger partial charge in [0.25, 0.3) is 5.91 Å². The maximum atomic E-state index is 12.2. The molecule has 2 rings (SSSR count). The predicted octanol–water partition coefficient (Wildman–Crippen LogP) is 0.421. The number of carbonyl (C=O) groups excluding carboxylic acids is 1. The lowest BCUT2D eigenvalue weighted by Gasteiger charge is -2.15. The summed E-state index contributed by atoms with van der Waals surface area (Å²) >= 11 is 0. The Labute approximate surface area is 116 Å². The van der Waals surface area contributed by atoms with Crippen molar-refractivity contribution in [3.63, 3.8) is 0 Å². The first-order valence-electron chi connectivity index (χ1n) is 5.99. The molecule has 0 atom stereocenters. The third-order valence-corrected chi connectivity index (χ3v) is 2.62. The number of aromatic amines is 1. The van der Waals surface area contributed by atoms with Crippen LogP contribution in [0, 0.1) is 11.8 Å². The highest BCUT2D eigenvalue weighted by Gasteiger charge is 2.13. The molecule has 6 heteroatoms. The number of carbonyl (C=O) groups is 1. The Morgan fingerprint density at radius 2 is 2.30 bits per heavy atom. The number of aliphatic hydroxyl groups is 1. The van der Waals surface area contributed by atoms with Crippen molar-refractivity contribution in [1.82, 2.24) is 20.1 Å². The first kappa shape index (κ1) is 13.8. The van der Waals surface area contributed by atoms with E-state index < -0.39 is 0 Å². The fourth-order valence-electron chi connectivity index (χ4n) is 1.64. The van der Waals surface area contributed by atoms with E-state index in [-0.39, 0.29) is 12.5 Å². The number of rotatable bonds is 3. The van der Waals surface area contributed by atoms with Gasteiger partial charge in [0.2, 0.25) is 0 Å². The number of pyridine rings is 1. The summed E-state index contributed by atoms with van der Waals surface area (Å²) in [5, 5.41) is 15.1. The Bertz CT molecular complexity index is 623. The second kappa shape index (κ2) is 6.50. The molecular formula is C14H14N4O2. The van der Waals surface area contributed by atoms with Crippen molar-refractivity contribution in [3.8, 4) is 11.8 Å². The van der Waals surface area contributed by atoms with Gasteiger partial charge in [-0.2, -0.15) is 5.10 Å². The van der Waals surface area contributed by atoms with E-state index in [9.17, 15) is 4.79 Å². The number of amides is 1. The highest BCUT2D eigenvalue weighted by atomic mass is 16.2. The molecule has 0 aliphatic carbocycles. The van der Waals surface area contributed by atoms with Gasteiger partial charge < -0.3 is 10.0 Å². The second-order valence-corrected chi connectivity index (χ2v) is 4.16. The lowest BCUT2D eigenvalue weighted by Crippen LogP contribution is -2.26. The quantitative estimate of drug-likeness (QED) is 0.792. The lowest BCUT2D eigenvalue weighted by atomic mass is 10.2. The number of hydrogen-bond donors (Lipinski definition) is 2. The molecule has 2 N–H and O–H groups in total. The van der Waals surface area contributed by atoms with E-state index >= 15 is 0 Å². The van der Waals surface area contributed by atoms with Crippen LogP contribution < -0.4 is 0 Å². The van der Waals surface area contributed by atoms with Crippen molar-refractivity contribution < 1.29 is 9.90 Å². The molecule has 0 saturated carbocycles. The van der Waals surface area contributed by atoms with Gasteiger partial charge in [0, 0.05) is 37.1 Å². The Hall–Kier alpha value is -2.65. The van der Waals surface area contributed by atoms with Crippen LogP contribution in [0.2, 0.25) is 0 Å². The minimum absolute atomic E-state index is 0.173. The molecule has 0 aliphatic heterocycles. The molecule has 0 radical (unpaired) electrons. The molecule has 0 saturated heterocycles. The summed E-state index contributed by atoms with van der Waals surface area (Å²) in [4.78, 5) is 17.8. The van der Waals surface area contributed by atoms with Crippen LogP contribution in [0.3, 0.4) is 0 Å². The molecule has 0 aromatic carbocycles. The lowest BCUT2D eigenvalue weighted by molar-refractivity contribution is 0.0779. The summed E-state index contributed by atoms with van der Waals surface area (Å²) in [6.07, 6.45) is 4.93. The van der Waals surface area contributed by atoms with E-state index in [4.69, 9.17) is 5.11 Å². The van der Waals surface area contributed by atoms with E-state index in [1.165, 1.54) is 6.20 Å². The van der Waals surface area contributed by atoms with Crippen molar-refractivity contribution in [2.24, 2.45) is 0 Å². The van der Waals surface area contributed by atoms with Crippen molar-refractivity contribution in [2.45, 2.75) is 6.54 Å². The van der Waals surface area contributed by atoms with E-state index in [2.05, 4.69) is 27.0 Å². The molecule has 0 bridgehead atoms. The molecule has 6 nitrogen and oxygen atoms in total. The zero-order valence-corrected chi connectivity index (χ0v) is 11.0. The van der Waals surface area contributed by atoms with E-state index in [1.54, 1.807) is 36.5 Å². The fraction of sp³-hybridized carbons (Fsp3) is 0.214. The first-order valence-corrected chi connectivity index (χ1v) is 5.99. The average molecular weight is 270 g/mol. The molecule has 102 valence electrons. The Kier molecular flexibility index (Phi) is 4.47. The van der Waals surface area contributed by atoms with Crippen LogP contribution in [0.4, 0.5) is 0 Å². The summed E-state index contributed by atoms with van der Waals surface area (Å²) in [5.41, 5.74) is 1.94. The average Bonchev–Trinajstić information content (AvgIpc) is 2.97. The van der Waals surface area contributed by atoms with Gasteiger partial charge in [0.15, 0.2) is 0 Å². The SMILES string of the molecule is CN(Cc1cn[nH]c1)C(=O)c1ccc(C#CCO)cn1. The number of hydrogen-bond acceptors (Lipinski definition) is 4. The summed E-state index contributed by atoms with van der Waals surface area (Å²) < 4.78 is 0. The second-order valence-electron chi connectivity index (χ2n) is 4.16. The first-order chi connectivity index (χ1) is 9.70. The molecule has 2 aromatic rings. The maximum absolute atomic E-state index is 12.2. The van der Waals surface area contributed by atoms with Crippen molar-refractivity contribution >= 4 is 5.91 Å². The zero-order chi connectivity index (χ0) is 14.4. The standard InChI is InChI=1S/C14H14N4O2/c1-18(10-12-8-16-17-9-12)14(20)13-5-4-11(7-15-13)3-2-6-19/h4-5,7-9,19H,6,10H2,1H3,(H,16,17). The van der Waals surface area contributed by atoms with Gasteiger partial charge in [-0.1, -0.05) is 11.8 Å². The maximum Gasteiger partial charge on any atom is 0.272 e. The van der Waals surface area contributed by atoms with Crippen molar-refractivity contribution in [2.75, 3.05) is 13.7 Å². The van der Waals surface area contributed by atoms with E-state index in [0.29, 0.717) is 17.8 Å². The highest BCUT2D eigenvalue weighted by molar-refractivity contribution is 5.92. The third kappa shape index (κ3) is 3.43. The van der Waals surface area contributed by atoms with E-state index in [1.807, 2.05) is 0 Å². The molecule has 2 heterocycles. The number of nitrogens with one attached hydrogen (secondary N) is 1. The molecule has 2 aromatic heterocycles. The van der Waals surface area contributed by atoms with Crippen molar-refractivity contribution in [1.29, 1.82) is 0 Å². The fourth-order valence-corrected chi connectivity index (χ4v) is 1.64. The number of aromatic nitrogens is 3. The monoisotopic (exact) mass is 270 g/mol. The summed E-state index contributed by atoms with van der Waals surface area (Å²) in [5.74, 6) is 5.08. The molecule has 1 amide bonds. The number of aliphatic hydroxyl groups excluding tert-OH is 1. The van der Waals surface area contributed by atoms with Gasteiger partial charge in [0.05, 0.1) is 6.20 Å². The summed E-state index contributed by atoms with van der Waals surface area (Å²) in [6, 6.07) is 3.32. The molecule has 0 unspecified atom stereocenters. The van der Waals surface area contributed by atoms with Crippen LogP contribution in [0.5, 0.6) is 0 Å². The summed E-state index contributed by atoms with van der Waals surface area (Å²) in [6.45, 7) is 0.261. The zero-order valence-electron chi connectivity index (χ0n) is 11.0. The minimum Gasteiger partial charge on any atom is -0.384 e. The highest BCUT2D eigenvalue weighted by Crippen LogP contribution is 2.06. The molecule has 0 fully saturated rings. The van der Waals surface area contributed by atoms with Crippen LogP contribution in [-0.2, 0) is 6.54 Å². The van der Waals surface area contributed by atoms with Gasteiger partial charge in [0.1, 0.15) is 12.3 Å². The number of nitrogens with zero attached hydrogens (tertiary/aromatic N) is 3. The van der Waals surface area contributed by atoms with Gasteiger partial charge in [-0.15, -0.1) is 0 Å². The van der Waals surface area contributed by atoms with Gasteiger partial charge in [-0.3, -0.25) is 9.89 Å². The molecule has 0 aliphatic rings. The van der Waals surface area contributed by atoms with Crippen molar-refractivity contribution in [3.05, 3.63) is 47.5 Å². The topological polar surface area (TPSA) is 82.1 Å². The minimum atomic E-state index is -0.200. The smallest absolute Gasteiger partial charge is 0.272 e. The largest absolute Gasteiger partial charge is 0.384 e. The number of H-pyrrole nitrogens is 1. The predicted molar refractivity (Wildman–Crippen MR) is 72.6 cm³/mol.